The molecule has 2 atom stereocenters. The lowest BCUT2D eigenvalue weighted by atomic mass is 9.87. The van der Waals surface area contributed by atoms with E-state index in [1.165, 1.54) is 0 Å². The van der Waals surface area contributed by atoms with Crippen LogP contribution >= 0.6 is 0 Å². The highest BCUT2D eigenvalue weighted by Gasteiger charge is 2.22. The maximum absolute atomic E-state index is 10.8. The van der Waals surface area contributed by atoms with Crippen LogP contribution in [-0.4, -0.2) is 19.2 Å². The topological polar surface area (TPSA) is 23.5 Å². The van der Waals surface area contributed by atoms with Crippen molar-refractivity contribution in [3.8, 4) is 0 Å². The van der Waals surface area contributed by atoms with Crippen molar-refractivity contribution in [3.63, 3.8) is 0 Å². The van der Waals surface area contributed by atoms with Crippen LogP contribution in [-0.2, 0) is 0 Å². The van der Waals surface area contributed by atoms with Gasteiger partial charge >= 0.3 is 0 Å². The van der Waals surface area contributed by atoms with Crippen molar-refractivity contribution in [2.45, 2.75) is 18.9 Å². The van der Waals surface area contributed by atoms with E-state index in [9.17, 15) is 5.11 Å². The Hall–Kier alpha value is -2.06. The minimum atomic E-state index is -0.552. The van der Waals surface area contributed by atoms with Crippen LogP contribution in [0.2, 0.25) is 0 Å². The Morgan fingerprint density at radius 3 is 2.19 bits per heavy atom. The Kier molecular flexibility index (Phi) is 5.18. The van der Waals surface area contributed by atoms with Crippen molar-refractivity contribution in [2.75, 3.05) is 19.0 Å². The molecule has 21 heavy (non-hydrogen) atoms. The largest absolute Gasteiger partial charge is 0.387 e. The van der Waals surface area contributed by atoms with Crippen LogP contribution in [0.5, 0.6) is 0 Å². The second-order valence-electron chi connectivity index (χ2n) is 5.36. The quantitative estimate of drug-likeness (QED) is 0.832. The lowest BCUT2D eigenvalue weighted by Gasteiger charge is -2.26. The molecule has 0 aliphatic rings. The third-order valence-corrected chi connectivity index (χ3v) is 3.66. The number of aliphatic hydroxyl groups is 1. The molecule has 0 amide bonds. The van der Waals surface area contributed by atoms with Crippen LogP contribution in [0, 0.1) is 0 Å². The first-order valence-electron chi connectivity index (χ1n) is 7.27. The summed E-state index contributed by atoms with van der Waals surface area (Å²) in [6, 6.07) is 18.1. The molecule has 110 valence electrons. The number of aliphatic hydroxyl groups excluding tert-OH is 1. The SMILES string of the molecule is C/C=C/[C@@H](c1ccccc1N(C)C)[C@@H](O)c1ccccc1. The van der Waals surface area contributed by atoms with Crippen LogP contribution in [0.1, 0.15) is 30.1 Å². The fraction of sp³-hybridized carbons (Fsp3) is 0.263. The summed E-state index contributed by atoms with van der Waals surface area (Å²) in [5.74, 6) is -0.0593. The maximum atomic E-state index is 10.8. The van der Waals surface area contributed by atoms with Crippen LogP contribution < -0.4 is 4.90 Å². The van der Waals surface area contributed by atoms with Crippen molar-refractivity contribution in [2.24, 2.45) is 0 Å². The zero-order valence-corrected chi connectivity index (χ0v) is 12.9. The van der Waals surface area contributed by atoms with Gasteiger partial charge in [-0.15, -0.1) is 0 Å². The number of hydrogen-bond donors (Lipinski definition) is 1. The number of hydrogen-bond acceptors (Lipinski definition) is 2. The van der Waals surface area contributed by atoms with E-state index in [1.54, 1.807) is 0 Å². The summed E-state index contributed by atoms with van der Waals surface area (Å²) >= 11 is 0. The molecule has 2 aromatic rings. The summed E-state index contributed by atoms with van der Waals surface area (Å²) in [5.41, 5.74) is 3.21. The van der Waals surface area contributed by atoms with E-state index in [2.05, 4.69) is 23.1 Å². The van der Waals surface area contributed by atoms with E-state index in [4.69, 9.17) is 0 Å². The van der Waals surface area contributed by atoms with Gasteiger partial charge in [0.1, 0.15) is 0 Å². The third kappa shape index (κ3) is 3.53. The molecule has 0 saturated carbocycles. The van der Waals surface area contributed by atoms with Gasteiger partial charge in [-0.25, -0.2) is 0 Å². The van der Waals surface area contributed by atoms with E-state index >= 15 is 0 Å². The van der Waals surface area contributed by atoms with Crippen LogP contribution in [0.15, 0.2) is 66.7 Å². The fourth-order valence-corrected chi connectivity index (χ4v) is 2.62. The lowest BCUT2D eigenvalue weighted by molar-refractivity contribution is 0.162. The molecule has 0 aliphatic heterocycles. The summed E-state index contributed by atoms with van der Waals surface area (Å²) < 4.78 is 0. The van der Waals surface area contributed by atoms with Gasteiger partial charge in [-0.3, -0.25) is 0 Å². The summed E-state index contributed by atoms with van der Waals surface area (Å²) in [6.45, 7) is 1.99. The predicted octanol–water partition coefficient (Wildman–Crippen LogP) is 4.15. The molecule has 0 radical (unpaired) electrons. The molecule has 0 aliphatic carbocycles. The number of allylic oxidation sites excluding steroid dienone is 1. The monoisotopic (exact) mass is 281 g/mol. The van der Waals surface area contributed by atoms with Crippen LogP contribution in [0.3, 0.4) is 0 Å². The molecule has 2 rings (SSSR count). The van der Waals surface area contributed by atoms with Gasteiger partial charge in [-0.05, 0) is 24.1 Å². The van der Waals surface area contributed by atoms with Crippen molar-refractivity contribution < 1.29 is 5.11 Å². The minimum absolute atomic E-state index is 0.0593. The van der Waals surface area contributed by atoms with Gasteiger partial charge in [0, 0.05) is 25.7 Å². The molecule has 0 aromatic heterocycles. The zero-order valence-electron chi connectivity index (χ0n) is 12.9. The van der Waals surface area contributed by atoms with Crippen LogP contribution in [0.4, 0.5) is 5.69 Å². The third-order valence-electron chi connectivity index (χ3n) is 3.66. The maximum Gasteiger partial charge on any atom is 0.0893 e. The molecule has 1 N–H and O–H groups in total. The van der Waals surface area contributed by atoms with Gasteiger partial charge in [0.2, 0.25) is 0 Å². The summed E-state index contributed by atoms with van der Waals surface area (Å²) in [5, 5.41) is 10.8. The van der Waals surface area contributed by atoms with Crippen molar-refractivity contribution in [1.82, 2.24) is 0 Å². The smallest absolute Gasteiger partial charge is 0.0893 e. The Morgan fingerprint density at radius 2 is 1.57 bits per heavy atom. The lowest BCUT2D eigenvalue weighted by Crippen LogP contribution is -2.16. The highest BCUT2D eigenvalue weighted by molar-refractivity contribution is 5.55. The molecular formula is C19H23NO. The standard InChI is InChI=1S/C19H23NO/c1-4-10-17(19(21)15-11-6-5-7-12-15)16-13-8-9-14-18(16)20(2)3/h4-14,17,19,21H,1-3H3/b10-4+/t17-,19-/m0/s1. The van der Waals surface area contributed by atoms with E-state index < -0.39 is 6.10 Å². The van der Waals surface area contributed by atoms with E-state index in [1.807, 2.05) is 69.6 Å². The van der Waals surface area contributed by atoms with Gasteiger partial charge in [-0.2, -0.15) is 0 Å². The van der Waals surface area contributed by atoms with E-state index in [-0.39, 0.29) is 5.92 Å². The molecule has 0 unspecified atom stereocenters. The van der Waals surface area contributed by atoms with Crippen molar-refractivity contribution in [1.29, 1.82) is 0 Å². The fourth-order valence-electron chi connectivity index (χ4n) is 2.62. The number of benzene rings is 2. The molecule has 2 aromatic carbocycles. The van der Waals surface area contributed by atoms with Gasteiger partial charge in [0.05, 0.1) is 6.10 Å². The average Bonchev–Trinajstić information content (AvgIpc) is 2.53. The summed E-state index contributed by atoms with van der Waals surface area (Å²) in [7, 11) is 4.06. The molecule has 0 saturated heterocycles. The van der Waals surface area contributed by atoms with Gasteiger partial charge in [0.25, 0.3) is 0 Å². The van der Waals surface area contributed by atoms with Gasteiger partial charge < -0.3 is 10.0 Å². The first-order valence-corrected chi connectivity index (χ1v) is 7.27. The molecule has 2 heteroatoms. The Labute approximate surface area is 127 Å². The molecule has 0 spiro atoms. The average molecular weight is 281 g/mol. The number of nitrogens with zero attached hydrogens (tertiary/aromatic N) is 1. The van der Waals surface area contributed by atoms with Crippen LogP contribution in [0.25, 0.3) is 0 Å². The second-order valence-corrected chi connectivity index (χ2v) is 5.36. The number of rotatable bonds is 5. The van der Waals surface area contributed by atoms with Crippen molar-refractivity contribution in [3.05, 3.63) is 77.9 Å². The Balaban J connectivity index is 2.45. The molecule has 0 heterocycles. The predicted molar refractivity (Wildman–Crippen MR) is 89.7 cm³/mol. The minimum Gasteiger partial charge on any atom is -0.387 e. The Bertz CT molecular complexity index is 590. The van der Waals surface area contributed by atoms with Gasteiger partial charge in [-0.1, -0.05) is 60.7 Å². The molecular weight excluding hydrogens is 258 g/mol. The first-order chi connectivity index (χ1) is 10.1. The first kappa shape index (κ1) is 15.3. The zero-order chi connectivity index (χ0) is 15.2. The molecule has 2 nitrogen and oxygen atoms in total. The summed E-state index contributed by atoms with van der Waals surface area (Å²) in [4.78, 5) is 2.09. The number of anilines is 1. The second kappa shape index (κ2) is 7.09. The molecule has 0 bridgehead atoms. The normalized spacial score (nSPS) is 14.1. The summed E-state index contributed by atoms with van der Waals surface area (Å²) in [6.07, 6.45) is 3.52. The highest BCUT2D eigenvalue weighted by atomic mass is 16.3. The highest BCUT2D eigenvalue weighted by Crippen LogP contribution is 2.36. The van der Waals surface area contributed by atoms with Gasteiger partial charge in [0.15, 0.2) is 0 Å². The Morgan fingerprint density at radius 1 is 0.952 bits per heavy atom. The van der Waals surface area contributed by atoms with E-state index in [0.29, 0.717) is 0 Å². The number of para-hydroxylation sites is 1. The van der Waals surface area contributed by atoms with E-state index in [0.717, 1.165) is 16.8 Å². The van der Waals surface area contributed by atoms with Crippen molar-refractivity contribution >= 4 is 5.69 Å². The molecule has 0 fully saturated rings.